The van der Waals surface area contributed by atoms with Crippen molar-refractivity contribution in [2.24, 2.45) is 10.9 Å². The van der Waals surface area contributed by atoms with Crippen molar-refractivity contribution in [1.29, 1.82) is 0 Å². The van der Waals surface area contributed by atoms with Crippen LogP contribution in [0.5, 0.6) is 0 Å². The van der Waals surface area contributed by atoms with Crippen molar-refractivity contribution in [2.45, 2.75) is 83.0 Å². The Morgan fingerprint density at radius 1 is 1.08 bits per heavy atom. The van der Waals surface area contributed by atoms with Gasteiger partial charge in [0.1, 0.15) is 23.0 Å². The molecule has 0 saturated carbocycles. The average Bonchev–Trinajstić information content (AvgIpc) is 3.31. The number of aliphatic imine (C=N–C) groups is 1. The molecule has 2 aliphatic heterocycles. The zero-order valence-corrected chi connectivity index (χ0v) is 21.9. The number of fused-ring (bicyclic) bond motifs is 1. The van der Waals surface area contributed by atoms with Crippen molar-refractivity contribution in [2.75, 3.05) is 6.61 Å². The average molecular weight is 509 g/mol. The predicted molar refractivity (Wildman–Crippen MR) is 143 cm³/mol. The van der Waals surface area contributed by atoms with Gasteiger partial charge in [0, 0.05) is 30.6 Å². The Kier molecular flexibility index (Phi) is 9.59. The molecule has 6 nitrogen and oxygen atoms in total. The van der Waals surface area contributed by atoms with Gasteiger partial charge in [-0.25, -0.2) is 4.98 Å². The number of carbonyl (C=O) groups excluding carboxylic acids is 2. The van der Waals surface area contributed by atoms with Crippen molar-refractivity contribution in [1.82, 2.24) is 4.98 Å². The molecule has 0 aliphatic carbocycles. The molecule has 192 valence electrons. The molecule has 4 rings (SSSR count). The summed E-state index contributed by atoms with van der Waals surface area (Å²) < 4.78 is 11.8. The Bertz CT molecular complexity index is 1060. The van der Waals surface area contributed by atoms with Crippen LogP contribution in [0.2, 0.25) is 0 Å². The summed E-state index contributed by atoms with van der Waals surface area (Å²) >= 11 is 1.55. The highest BCUT2D eigenvalue weighted by atomic mass is 32.1. The lowest BCUT2D eigenvalue weighted by atomic mass is 9.88. The number of ether oxygens (including phenoxy) is 2. The van der Waals surface area contributed by atoms with Gasteiger partial charge in [0.15, 0.2) is 0 Å². The Hall–Kier alpha value is -2.64. The molecule has 1 aromatic carbocycles. The third kappa shape index (κ3) is 7.93. The van der Waals surface area contributed by atoms with Gasteiger partial charge in [-0.3, -0.25) is 14.6 Å². The molecule has 0 N–H and O–H groups in total. The number of cyclic esters (lactones) is 1. The summed E-state index contributed by atoms with van der Waals surface area (Å²) in [6.45, 7) is 3.01. The largest absolute Gasteiger partial charge is 0.465 e. The fourth-order valence-electron chi connectivity index (χ4n) is 4.64. The Balaban J connectivity index is 1.37. The highest BCUT2D eigenvalue weighted by Crippen LogP contribution is 2.46. The minimum atomic E-state index is -0.334. The minimum absolute atomic E-state index is 0.0575. The van der Waals surface area contributed by atoms with E-state index in [4.69, 9.17) is 9.47 Å². The van der Waals surface area contributed by atoms with Crippen LogP contribution < -0.4 is 0 Å². The van der Waals surface area contributed by atoms with E-state index in [0.717, 1.165) is 42.8 Å². The number of aromatic nitrogens is 1. The minimum Gasteiger partial charge on any atom is -0.465 e. The first-order chi connectivity index (χ1) is 17.5. The number of nitrogens with zero attached hydrogens (tertiary/aromatic N) is 2. The lowest BCUT2D eigenvalue weighted by molar-refractivity contribution is -0.145. The molecule has 36 heavy (non-hydrogen) atoms. The van der Waals surface area contributed by atoms with Crippen LogP contribution in [0.15, 0.2) is 46.8 Å². The summed E-state index contributed by atoms with van der Waals surface area (Å²) in [5.74, 6) is -0.0564. The number of epoxide rings is 1. The molecule has 0 amide bonds. The van der Waals surface area contributed by atoms with Crippen molar-refractivity contribution < 1.29 is 19.1 Å². The molecule has 2 saturated heterocycles. The van der Waals surface area contributed by atoms with E-state index in [9.17, 15) is 9.59 Å². The topological polar surface area (TPSA) is 81.2 Å². The third-order valence-electron chi connectivity index (χ3n) is 7.00. The Labute approximate surface area is 217 Å². The summed E-state index contributed by atoms with van der Waals surface area (Å²) in [7, 11) is 0. The number of benzene rings is 1. The van der Waals surface area contributed by atoms with Gasteiger partial charge >= 0.3 is 5.97 Å². The van der Waals surface area contributed by atoms with Gasteiger partial charge in [-0.05, 0) is 37.8 Å². The maximum absolute atomic E-state index is 12.3. The van der Waals surface area contributed by atoms with E-state index in [2.05, 4.69) is 35.1 Å². The van der Waals surface area contributed by atoms with E-state index < -0.39 is 0 Å². The number of thiazole rings is 1. The number of Topliss-reactive ketones (excluding diaryl/α,β-unsaturated/α-hetero) is 1. The molecule has 0 radical (unpaired) electrons. The molecular formula is C29H36N2O4S. The monoisotopic (exact) mass is 508 g/mol. The molecule has 3 atom stereocenters. The van der Waals surface area contributed by atoms with Crippen LogP contribution in [0.1, 0.15) is 81.0 Å². The van der Waals surface area contributed by atoms with E-state index in [-0.39, 0.29) is 42.4 Å². The molecule has 0 bridgehead atoms. The van der Waals surface area contributed by atoms with Crippen LogP contribution in [0.25, 0.3) is 6.08 Å². The molecule has 2 fully saturated rings. The lowest BCUT2D eigenvalue weighted by Crippen LogP contribution is -2.27. The van der Waals surface area contributed by atoms with Crippen LogP contribution in [0.4, 0.5) is 0 Å². The Morgan fingerprint density at radius 3 is 2.75 bits per heavy atom. The van der Waals surface area contributed by atoms with Gasteiger partial charge in [0.05, 0.1) is 24.6 Å². The fraction of sp³-hybridized carbons (Fsp3) is 0.517. The molecule has 1 aromatic heterocycles. The van der Waals surface area contributed by atoms with Crippen molar-refractivity contribution in [3.63, 3.8) is 0 Å². The highest BCUT2D eigenvalue weighted by molar-refractivity contribution is 7.11. The SMILES string of the molecule is CC12OC1CCCCCCC(=O)CCCC(=O)OCC2C=Cc1csc(C=NCc2ccccc2)n1. The normalized spacial score (nSPS) is 26.7. The lowest BCUT2D eigenvalue weighted by Gasteiger charge is -2.18. The second kappa shape index (κ2) is 13.1. The van der Waals surface area contributed by atoms with Gasteiger partial charge in [-0.15, -0.1) is 11.3 Å². The number of carbonyl (C=O) groups is 2. The standard InChI is InChI=1S/C29H36N2O4S/c1-29-23(16-17-24-21-36-27(31-24)19-30-18-22-10-5-4-6-11-22)20-34-28(33)15-9-13-25(32)12-7-2-3-8-14-26(29)35-29/h4-6,10-11,16-17,19,21,23,26H,2-3,7-9,12-15,18,20H2,1H3. The van der Waals surface area contributed by atoms with E-state index in [1.54, 1.807) is 11.3 Å². The van der Waals surface area contributed by atoms with Crippen LogP contribution >= 0.6 is 11.3 Å². The number of esters is 1. The van der Waals surface area contributed by atoms with Gasteiger partial charge in [-0.2, -0.15) is 0 Å². The van der Waals surface area contributed by atoms with Crippen LogP contribution in [-0.2, 0) is 25.6 Å². The summed E-state index contributed by atoms with van der Waals surface area (Å²) in [5, 5.41) is 2.86. The number of rotatable bonds is 5. The smallest absolute Gasteiger partial charge is 0.305 e. The fourth-order valence-corrected chi connectivity index (χ4v) is 5.30. The zero-order valence-electron chi connectivity index (χ0n) is 21.1. The van der Waals surface area contributed by atoms with Gasteiger partial charge in [0.25, 0.3) is 0 Å². The first-order valence-electron chi connectivity index (χ1n) is 13.1. The van der Waals surface area contributed by atoms with Gasteiger partial charge in [0.2, 0.25) is 0 Å². The second-order valence-electron chi connectivity index (χ2n) is 9.85. The van der Waals surface area contributed by atoms with Crippen LogP contribution in [0.3, 0.4) is 0 Å². The maximum atomic E-state index is 12.3. The molecule has 3 heterocycles. The number of hydrogen-bond acceptors (Lipinski definition) is 7. The van der Waals surface area contributed by atoms with Crippen molar-refractivity contribution in [3.8, 4) is 0 Å². The molecule has 2 aliphatic rings. The summed E-state index contributed by atoms with van der Waals surface area (Å²) in [6, 6.07) is 10.1. The summed E-state index contributed by atoms with van der Waals surface area (Å²) in [5.41, 5.74) is 1.69. The van der Waals surface area contributed by atoms with E-state index in [1.165, 1.54) is 5.56 Å². The quantitative estimate of drug-likeness (QED) is 0.273. The van der Waals surface area contributed by atoms with E-state index in [1.807, 2.05) is 35.9 Å². The second-order valence-corrected chi connectivity index (χ2v) is 10.7. The molecule has 7 heteroatoms. The molecule has 2 aromatic rings. The number of ketones is 1. The van der Waals surface area contributed by atoms with E-state index in [0.29, 0.717) is 25.8 Å². The molecule has 3 unspecified atom stereocenters. The van der Waals surface area contributed by atoms with Gasteiger partial charge in [-0.1, -0.05) is 55.7 Å². The summed E-state index contributed by atoms with van der Waals surface area (Å²) in [6.07, 6.45) is 13.2. The maximum Gasteiger partial charge on any atom is 0.305 e. The zero-order chi connectivity index (χ0) is 25.2. The summed E-state index contributed by atoms with van der Waals surface area (Å²) in [4.78, 5) is 33.5. The van der Waals surface area contributed by atoms with Crippen molar-refractivity contribution in [3.05, 3.63) is 58.1 Å². The molecular weight excluding hydrogens is 472 g/mol. The van der Waals surface area contributed by atoms with Gasteiger partial charge < -0.3 is 9.47 Å². The highest BCUT2D eigenvalue weighted by Gasteiger charge is 2.56. The van der Waals surface area contributed by atoms with Crippen LogP contribution in [-0.4, -0.2) is 41.3 Å². The first kappa shape index (κ1) is 26.4. The Morgan fingerprint density at radius 2 is 1.89 bits per heavy atom. The van der Waals surface area contributed by atoms with E-state index >= 15 is 0 Å². The predicted octanol–water partition coefficient (Wildman–Crippen LogP) is 6.19. The van der Waals surface area contributed by atoms with Crippen molar-refractivity contribution >= 4 is 35.4 Å². The number of hydrogen-bond donors (Lipinski definition) is 0. The first-order valence-corrected chi connectivity index (χ1v) is 13.9. The molecule has 0 spiro atoms. The third-order valence-corrected chi connectivity index (χ3v) is 7.80. The van der Waals surface area contributed by atoms with Crippen LogP contribution in [0, 0.1) is 5.92 Å².